The standard InChI is InChI=1S/C14H21NO2/c1-14(2)11-17-13(10-16)9-15(14)8-12-6-4-3-5-7-12/h3-7,13,16H,8-11H2,1-2H3/t13-/m1/s1. The highest BCUT2D eigenvalue weighted by atomic mass is 16.5. The molecule has 3 nitrogen and oxygen atoms in total. The maximum atomic E-state index is 9.19. The van der Waals surface area contributed by atoms with Gasteiger partial charge in [0.25, 0.3) is 0 Å². The number of aliphatic hydroxyl groups excluding tert-OH is 1. The second-order valence-electron chi connectivity index (χ2n) is 5.29. The van der Waals surface area contributed by atoms with E-state index in [4.69, 9.17) is 4.74 Å². The average Bonchev–Trinajstić information content (AvgIpc) is 2.33. The maximum Gasteiger partial charge on any atom is 0.0933 e. The third-order valence-corrected chi connectivity index (χ3v) is 3.37. The van der Waals surface area contributed by atoms with Gasteiger partial charge in [-0.05, 0) is 19.4 Å². The minimum atomic E-state index is -0.0493. The van der Waals surface area contributed by atoms with Crippen molar-refractivity contribution in [2.24, 2.45) is 0 Å². The van der Waals surface area contributed by atoms with Crippen LogP contribution in [0.25, 0.3) is 0 Å². The zero-order valence-corrected chi connectivity index (χ0v) is 10.6. The number of aliphatic hydroxyl groups is 1. The van der Waals surface area contributed by atoms with E-state index in [2.05, 4.69) is 43.0 Å². The molecule has 0 radical (unpaired) electrons. The van der Waals surface area contributed by atoms with Crippen LogP contribution in [-0.4, -0.2) is 41.4 Å². The van der Waals surface area contributed by atoms with Crippen LogP contribution in [0.5, 0.6) is 0 Å². The molecule has 17 heavy (non-hydrogen) atoms. The topological polar surface area (TPSA) is 32.7 Å². The average molecular weight is 235 g/mol. The Morgan fingerprint density at radius 2 is 2.06 bits per heavy atom. The summed E-state index contributed by atoms with van der Waals surface area (Å²) < 4.78 is 5.62. The molecule has 1 aromatic rings. The highest BCUT2D eigenvalue weighted by Gasteiger charge is 2.34. The molecule has 0 amide bonds. The van der Waals surface area contributed by atoms with Gasteiger partial charge < -0.3 is 9.84 Å². The number of hydrogen-bond acceptors (Lipinski definition) is 3. The molecule has 0 spiro atoms. The van der Waals surface area contributed by atoms with Crippen LogP contribution in [0.3, 0.4) is 0 Å². The van der Waals surface area contributed by atoms with E-state index in [9.17, 15) is 5.11 Å². The van der Waals surface area contributed by atoms with Gasteiger partial charge in [0.05, 0.1) is 19.3 Å². The lowest BCUT2D eigenvalue weighted by Crippen LogP contribution is -2.56. The monoisotopic (exact) mass is 235 g/mol. The number of benzene rings is 1. The first-order chi connectivity index (χ1) is 8.12. The van der Waals surface area contributed by atoms with E-state index in [0.29, 0.717) is 6.61 Å². The fourth-order valence-electron chi connectivity index (χ4n) is 2.15. The van der Waals surface area contributed by atoms with E-state index in [1.54, 1.807) is 0 Å². The van der Waals surface area contributed by atoms with Crippen LogP contribution < -0.4 is 0 Å². The van der Waals surface area contributed by atoms with Gasteiger partial charge in [-0.3, -0.25) is 4.90 Å². The number of ether oxygens (including phenoxy) is 1. The van der Waals surface area contributed by atoms with E-state index >= 15 is 0 Å². The molecule has 94 valence electrons. The molecule has 0 aliphatic carbocycles. The molecule has 1 fully saturated rings. The Hall–Kier alpha value is -0.900. The van der Waals surface area contributed by atoms with Crippen LogP contribution in [0.2, 0.25) is 0 Å². The molecular formula is C14H21NO2. The Labute approximate surface area is 103 Å². The Morgan fingerprint density at radius 3 is 2.71 bits per heavy atom. The summed E-state index contributed by atoms with van der Waals surface area (Å²) >= 11 is 0. The second-order valence-corrected chi connectivity index (χ2v) is 5.29. The molecule has 1 heterocycles. The van der Waals surface area contributed by atoms with Gasteiger partial charge in [0.15, 0.2) is 0 Å². The molecule has 0 saturated carbocycles. The molecular weight excluding hydrogens is 214 g/mol. The number of rotatable bonds is 3. The first kappa shape index (κ1) is 12.6. The Balaban J connectivity index is 2.06. The van der Waals surface area contributed by atoms with Gasteiger partial charge in [-0.25, -0.2) is 0 Å². The van der Waals surface area contributed by atoms with Crippen LogP contribution in [0.1, 0.15) is 19.4 Å². The quantitative estimate of drug-likeness (QED) is 0.865. The summed E-state index contributed by atoms with van der Waals surface area (Å²) in [5, 5.41) is 9.19. The predicted molar refractivity (Wildman–Crippen MR) is 67.8 cm³/mol. The molecule has 1 N–H and O–H groups in total. The Kier molecular flexibility index (Phi) is 3.82. The van der Waals surface area contributed by atoms with Crippen LogP contribution in [0, 0.1) is 0 Å². The smallest absolute Gasteiger partial charge is 0.0933 e. The molecule has 1 aromatic carbocycles. The van der Waals surface area contributed by atoms with Crippen LogP contribution >= 0.6 is 0 Å². The normalized spacial score (nSPS) is 24.8. The van der Waals surface area contributed by atoms with Crippen molar-refractivity contribution < 1.29 is 9.84 Å². The fourth-order valence-corrected chi connectivity index (χ4v) is 2.15. The zero-order chi connectivity index (χ0) is 12.3. The highest BCUT2D eigenvalue weighted by molar-refractivity contribution is 5.15. The highest BCUT2D eigenvalue weighted by Crippen LogP contribution is 2.24. The molecule has 0 unspecified atom stereocenters. The van der Waals surface area contributed by atoms with Crippen molar-refractivity contribution in [3.63, 3.8) is 0 Å². The second kappa shape index (κ2) is 5.17. The van der Waals surface area contributed by atoms with E-state index in [0.717, 1.165) is 13.1 Å². The van der Waals surface area contributed by atoms with Gasteiger partial charge in [-0.15, -0.1) is 0 Å². The zero-order valence-electron chi connectivity index (χ0n) is 10.6. The van der Waals surface area contributed by atoms with Crippen LogP contribution in [-0.2, 0) is 11.3 Å². The van der Waals surface area contributed by atoms with E-state index < -0.39 is 0 Å². The first-order valence-electron chi connectivity index (χ1n) is 6.13. The van der Waals surface area contributed by atoms with Crippen molar-refractivity contribution in [3.8, 4) is 0 Å². The number of nitrogens with zero attached hydrogens (tertiary/aromatic N) is 1. The van der Waals surface area contributed by atoms with Crippen LogP contribution in [0.15, 0.2) is 30.3 Å². The lowest BCUT2D eigenvalue weighted by atomic mass is 9.99. The third kappa shape index (κ3) is 3.06. The van der Waals surface area contributed by atoms with Gasteiger partial charge in [0.1, 0.15) is 0 Å². The Bertz CT molecular complexity index is 350. The summed E-state index contributed by atoms with van der Waals surface area (Å²) in [4.78, 5) is 2.38. The third-order valence-electron chi connectivity index (χ3n) is 3.37. The van der Waals surface area contributed by atoms with Gasteiger partial charge >= 0.3 is 0 Å². The van der Waals surface area contributed by atoms with Crippen molar-refractivity contribution in [1.29, 1.82) is 0 Å². The van der Waals surface area contributed by atoms with Crippen molar-refractivity contribution >= 4 is 0 Å². The lowest BCUT2D eigenvalue weighted by molar-refractivity contribution is -0.116. The van der Waals surface area contributed by atoms with Gasteiger partial charge in [-0.1, -0.05) is 30.3 Å². The van der Waals surface area contributed by atoms with Gasteiger partial charge in [-0.2, -0.15) is 0 Å². The van der Waals surface area contributed by atoms with Gasteiger partial charge in [0, 0.05) is 18.6 Å². The predicted octanol–water partition coefficient (Wildman–Crippen LogP) is 1.66. The van der Waals surface area contributed by atoms with E-state index in [-0.39, 0.29) is 18.2 Å². The van der Waals surface area contributed by atoms with Gasteiger partial charge in [0.2, 0.25) is 0 Å². The van der Waals surface area contributed by atoms with Crippen molar-refractivity contribution in [2.75, 3.05) is 19.8 Å². The van der Waals surface area contributed by atoms with E-state index in [1.807, 2.05) is 6.07 Å². The molecule has 3 heteroatoms. The number of morpholine rings is 1. The molecule has 1 aliphatic rings. The minimum Gasteiger partial charge on any atom is -0.394 e. The van der Waals surface area contributed by atoms with Crippen molar-refractivity contribution in [3.05, 3.63) is 35.9 Å². The molecule has 0 aromatic heterocycles. The Morgan fingerprint density at radius 1 is 1.35 bits per heavy atom. The summed E-state index contributed by atoms with van der Waals surface area (Å²) in [5.74, 6) is 0. The fraction of sp³-hybridized carbons (Fsp3) is 0.571. The van der Waals surface area contributed by atoms with E-state index in [1.165, 1.54) is 5.56 Å². The maximum absolute atomic E-state index is 9.19. The first-order valence-corrected chi connectivity index (χ1v) is 6.13. The molecule has 1 aliphatic heterocycles. The molecule has 1 atom stereocenters. The lowest BCUT2D eigenvalue weighted by Gasteiger charge is -2.45. The summed E-state index contributed by atoms with van der Waals surface area (Å²) in [6, 6.07) is 10.4. The molecule has 2 rings (SSSR count). The summed E-state index contributed by atoms with van der Waals surface area (Å²) in [5.41, 5.74) is 1.33. The SMILES string of the molecule is CC1(C)CO[C@@H](CO)CN1Cc1ccccc1. The summed E-state index contributed by atoms with van der Waals surface area (Å²) in [7, 11) is 0. The molecule has 1 saturated heterocycles. The van der Waals surface area contributed by atoms with Crippen molar-refractivity contribution in [1.82, 2.24) is 4.90 Å². The number of hydrogen-bond donors (Lipinski definition) is 1. The van der Waals surface area contributed by atoms with Crippen molar-refractivity contribution in [2.45, 2.75) is 32.0 Å². The molecule has 0 bridgehead atoms. The minimum absolute atomic E-state index is 0.0293. The summed E-state index contributed by atoms with van der Waals surface area (Å²) in [6.07, 6.45) is -0.0493. The largest absolute Gasteiger partial charge is 0.394 e. The van der Waals surface area contributed by atoms with Crippen LogP contribution in [0.4, 0.5) is 0 Å². The summed E-state index contributed by atoms with van der Waals surface area (Å²) in [6.45, 7) is 6.84.